The van der Waals surface area contributed by atoms with Crippen LogP contribution < -0.4 is 0 Å². The summed E-state index contributed by atoms with van der Waals surface area (Å²) in [5, 5.41) is 11.3. The van der Waals surface area contributed by atoms with E-state index in [1.165, 1.54) is 0 Å². The van der Waals surface area contributed by atoms with Crippen LogP contribution in [0.5, 0.6) is 0 Å². The Bertz CT molecular complexity index is 744. The maximum Gasteiger partial charge on any atom is 0.336 e. The second kappa shape index (κ2) is 5.31. The lowest BCUT2D eigenvalue weighted by Gasteiger charge is -2.07. The van der Waals surface area contributed by atoms with Gasteiger partial charge in [0.15, 0.2) is 0 Å². The molecule has 3 aromatic rings. The SMILES string of the molecule is O=C(O)c1ccccc1-c1ccsc1-c1ccccc1. The van der Waals surface area contributed by atoms with E-state index in [0.717, 1.165) is 21.6 Å². The fraction of sp³-hybridized carbons (Fsp3) is 0. The molecular formula is C17H12O2S. The summed E-state index contributed by atoms with van der Waals surface area (Å²) in [6, 6.07) is 19.1. The van der Waals surface area contributed by atoms with Crippen LogP contribution in [0.2, 0.25) is 0 Å². The Labute approximate surface area is 121 Å². The Balaban J connectivity index is 2.18. The van der Waals surface area contributed by atoms with E-state index >= 15 is 0 Å². The zero-order valence-electron chi connectivity index (χ0n) is 10.6. The molecule has 0 saturated carbocycles. The topological polar surface area (TPSA) is 37.3 Å². The molecule has 0 radical (unpaired) electrons. The second-order valence-electron chi connectivity index (χ2n) is 4.38. The number of carbonyl (C=O) groups is 1. The predicted molar refractivity (Wildman–Crippen MR) is 82.2 cm³/mol. The highest BCUT2D eigenvalue weighted by molar-refractivity contribution is 7.14. The molecule has 0 spiro atoms. The van der Waals surface area contributed by atoms with Gasteiger partial charge in [0.25, 0.3) is 0 Å². The van der Waals surface area contributed by atoms with E-state index in [-0.39, 0.29) is 0 Å². The first kappa shape index (κ1) is 12.6. The Morgan fingerprint density at radius 3 is 2.30 bits per heavy atom. The van der Waals surface area contributed by atoms with E-state index in [4.69, 9.17) is 0 Å². The number of carboxylic acid groups (broad SMARTS) is 1. The van der Waals surface area contributed by atoms with Crippen molar-refractivity contribution in [3.05, 3.63) is 71.6 Å². The molecule has 1 heterocycles. The quantitative estimate of drug-likeness (QED) is 0.749. The first-order chi connectivity index (χ1) is 9.77. The number of hydrogen-bond donors (Lipinski definition) is 1. The fourth-order valence-electron chi connectivity index (χ4n) is 2.24. The predicted octanol–water partition coefficient (Wildman–Crippen LogP) is 4.78. The zero-order chi connectivity index (χ0) is 13.9. The number of thiophene rings is 1. The van der Waals surface area contributed by atoms with Crippen molar-refractivity contribution in [1.29, 1.82) is 0 Å². The fourth-order valence-corrected chi connectivity index (χ4v) is 3.16. The molecule has 0 atom stereocenters. The van der Waals surface area contributed by atoms with Crippen molar-refractivity contribution in [3.8, 4) is 21.6 Å². The lowest BCUT2D eigenvalue weighted by atomic mass is 9.98. The van der Waals surface area contributed by atoms with Crippen LogP contribution in [0.3, 0.4) is 0 Å². The lowest BCUT2D eigenvalue weighted by Crippen LogP contribution is -1.98. The average molecular weight is 280 g/mol. The molecule has 0 bridgehead atoms. The van der Waals surface area contributed by atoms with E-state index in [1.54, 1.807) is 23.5 Å². The van der Waals surface area contributed by atoms with Crippen molar-refractivity contribution in [3.63, 3.8) is 0 Å². The van der Waals surface area contributed by atoms with Gasteiger partial charge in [-0.1, -0.05) is 48.5 Å². The number of aromatic carboxylic acids is 1. The molecule has 0 aliphatic carbocycles. The van der Waals surface area contributed by atoms with E-state index in [1.807, 2.05) is 53.9 Å². The summed E-state index contributed by atoms with van der Waals surface area (Å²) >= 11 is 1.62. The molecule has 20 heavy (non-hydrogen) atoms. The van der Waals surface area contributed by atoms with Gasteiger partial charge in [-0.05, 0) is 28.6 Å². The van der Waals surface area contributed by atoms with Crippen molar-refractivity contribution >= 4 is 17.3 Å². The highest BCUT2D eigenvalue weighted by atomic mass is 32.1. The van der Waals surface area contributed by atoms with Gasteiger partial charge < -0.3 is 5.11 Å². The summed E-state index contributed by atoms with van der Waals surface area (Å²) in [5.74, 6) is -0.897. The molecule has 0 unspecified atom stereocenters. The maximum absolute atomic E-state index is 11.4. The van der Waals surface area contributed by atoms with E-state index < -0.39 is 5.97 Å². The van der Waals surface area contributed by atoms with Crippen molar-refractivity contribution < 1.29 is 9.90 Å². The molecular weight excluding hydrogens is 268 g/mol. The Kier molecular flexibility index (Phi) is 3.35. The van der Waals surface area contributed by atoms with Gasteiger partial charge in [0.1, 0.15) is 0 Å². The molecule has 3 rings (SSSR count). The molecule has 0 fully saturated rings. The third-order valence-electron chi connectivity index (χ3n) is 3.15. The van der Waals surface area contributed by atoms with E-state index in [9.17, 15) is 9.90 Å². The van der Waals surface area contributed by atoms with Gasteiger partial charge >= 0.3 is 5.97 Å². The molecule has 2 aromatic carbocycles. The van der Waals surface area contributed by atoms with Crippen LogP contribution in [0.15, 0.2) is 66.0 Å². The van der Waals surface area contributed by atoms with Crippen LogP contribution in [-0.2, 0) is 0 Å². The van der Waals surface area contributed by atoms with Crippen molar-refractivity contribution in [2.45, 2.75) is 0 Å². The molecule has 0 saturated heterocycles. The highest BCUT2D eigenvalue weighted by Crippen LogP contribution is 2.38. The zero-order valence-corrected chi connectivity index (χ0v) is 11.4. The van der Waals surface area contributed by atoms with Crippen molar-refractivity contribution in [2.75, 3.05) is 0 Å². The minimum absolute atomic E-state index is 0.336. The molecule has 1 N–H and O–H groups in total. The first-order valence-corrected chi connectivity index (χ1v) is 7.11. The van der Waals surface area contributed by atoms with Crippen LogP contribution in [0.25, 0.3) is 21.6 Å². The molecule has 2 nitrogen and oxygen atoms in total. The standard InChI is InChI=1S/C17H12O2S/c18-17(19)15-9-5-4-8-13(15)14-10-11-20-16(14)12-6-2-1-3-7-12/h1-11H,(H,18,19). The molecule has 98 valence electrons. The van der Waals surface area contributed by atoms with Gasteiger partial charge in [0.05, 0.1) is 5.56 Å². The summed E-state index contributed by atoms with van der Waals surface area (Å²) in [4.78, 5) is 12.5. The largest absolute Gasteiger partial charge is 0.478 e. The summed E-state index contributed by atoms with van der Waals surface area (Å²) in [7, 11) is 0. The number of benzene rings is 2. The third kappa shape index (κ3) is 2.24. The van der Waals surface area contributed by atoms with Gasteiger partial charge in [0.2, 0.25) is 0 Å². The maximum atomic E-state index is 11.4. The molecule has 0 aliphatic heterocycles. The second-order valence-corrected chi connectivity index (χ2v) is 5.30. The van der Waals surface area contributed by atoms with E-state index in [0.29, 0.717) is 5.56 Å². The molecule has 0 amide bonds. The lowest BCUT2D eigenvalue weighted by molar-refractivity contribution is 0.0698. The Hall–Kier alpha value is -2.39. The summed E-state index contributed by atoms with van der Waals surface area (Å²) in [6.07, 6.45) is 0. The minimum Gasteiger partial charge on any atom is -0.478 e. The normalized spacial score (nSPS) is 10.4. The van der Waals surface area contributed by atoms with E-state index in [2.05, 4.69) is 0 Å². The number of carboxylic acids is 1. The third-order valence-corrected chi connectivity index (χ3v) is 4.11. The minimum atomic E-state index is -0.897. The molecule has 3 heteroatoms. The van der Waals surface area contributed by atoms with Gasteiger partial charge in [-0.2, -0.15) is 0 Å². The van der Waals surface area contributed by atoms with Crippen molar-refractivity contribution in [1.82, 2.24) is 0 Å². The summed E-state index contributed by atoms with van der Waals surface area (Å²) in [6.45, 7) is 0. The molecule has 1 aromatic heterocycles. The highest BCUT2D eigenvalue weighted by Gasteiger charge is 2.15. The van der Waals surface area contributed by atoms with Crippen LogP contribution >= 0.6 is 11.3 Å². The number of hydrogen-bond acceptors (Lipinski definition) is 2. The molecule has 0 aliphatic rings. The Morgan fingerprint density at radius 2 is 1.55 bits per heavy atom. The van der Waals surface area contributed by atoms with Gasteiger partial charge in [-0.15, -0.1) is 11.3 Å². The monoisotopic (exact) mass is 280 g/mol. The Morgan fingerprint density at radius 1 is 0.850 bits per heavy atom. The summed E-state index contributed by atoms with van der Waals surface area (Å²) in [5.41, 5.74) is 3.18. The van der Waals surface area contributed by atoms with Crippen LogP contribution in [0.1, 0.15) is 10.4 Å². The van der Waals surface area contributed by atoms with Crippen LogP contribution in [-0.4, -0.2) is 11.1 Å². The van der Waals surface area contributed by atoms with Gasteiger partial charge in [-0.25, -0.2) is 4.79 Å². The van der Waals surface area contributed by atoms with Gasteiger partial charge in [0, 0.05) is 10.4 Å². The average Bonchev–Trinajstić information content (AvgIpc) is 2.97. The van der Waals surface area contributed by atoms with Gasteiger partial charge in [-0.3, -0.25) is 0 Å². The number of rotatable bonds is 3. The van der Waals surface area contributed by atoms with Crippen molar-refractivity contribution in [2.24, 2.45) is 0 Å². The van der Waals surface area contributed by atoms with Crippen LogP contribution in [0.4, 0.5) is 0 Å². The summed E-state index contributed by atoms with van der Waals surface area (Å²) < 4.78 is 0. The van der Waals surface area contributed by atoms with Crippen LogP contribution in [0, 0.1) is 0 Å². The first-order valence-electron chi connectivity index (χ1n) is 6.23. The smallest absolute Gasteiger partial charge is 0.336 e.